The molecule has 0 aromatic carbocycles. The van der Waals surface area contributed by atoms with Gasteiger partial charge in [0.15, 0.2) is 0 Å². The van der Waals surface area contributed by atoms with Crippen LogP contribution >= 0.6 is 0 Å². The molecule has 1 N–H and O–H groups in total. The van der Waals surface area contributed by atoms with Crippen molar-refractivity contribution in [2.75, 3.05) is 0 Å². The quantitative estimate of drug-likeness (QED) is 0.806. The number of hydrogen-bond acceptors (Lipinski definition) is 5. The molecule has 2 heterocycles. The number of nitrogens with zero attached hydrogens (tertiary/aromatic N) is 2. The molecule has 6 heteroatoms. The van der Waals surface area contributed by atoms with Gasteiger partial charge in [-0.25, -0.2) is 4.79 Å². The van der Waals surface area contributed by atoms with Crippen molar-refractivity contribution in [3.8, 4) is 11.3 Å². The normalized spacial score (nSPS) is 10.5. The van der Waals surface area contributed by atoms with Gasteiger partial charge < -0.3 is 14.2 Å². The van der Waals surface area contributed by atoms with Gasteiger partial charge >= 0.3 is 5.97 Å². The van der Waals surface area contributed by atoms with Crippen LogP contribution in [0, 0.1) is 13.8 Å². The minimum Gasteiger partial charge on any atom is -0.475 e. The molecular weight excluding hydrogens is 200 g/mol. The van der Waals surface area contributed by atoms with Crippen LogP contribution in [-0.2, 0) is 0 Å². The third kappa shape index (κ3) is 1.50. The molecule has 2 aromatic heterocycles. The number of carboxylic acid groups (broad SMARTS) is 1. The zero-order chi connectivity index (χ0) is 11.0. The molecule has 0 aliphatic heterocycles. The van der Waals surface area contributed by atoms with Gasteiger partial charge in [-0.3, -0.25) is 0 Å². The number of aromatic carboxylic acids is 1. The monoisotopic (exact) mass is 208 g/mol. The van der Waals surface area contributed by atoms with Crippen LogP contribution in [0.1, 0.15) is 22.0 Å². The molecule has 0 unspecified atom stereocenters. The van der Waals surface area contributed by atoms with Crippen molar-refractivity contribution in [2.45, 2.75) is 13.8 Å². The van der Waals surface area contributed by atoms with Gasteiger partial charge in [0.25, 0.3) is 0 Å². The van der Waals surface area contributed by atoms with Crippen LogP contribution < -0.4 is 0 Å². The highest BCUT2D eigenvalue weighted by Gasteiger charge is 2.18. The second-order valence-corrected chi connectivity index (χ2v) is 3.08. The molecule has 0 atom stereocenters. The lowest BCUT2D eigenvalue weighted by atomic mass is 10.1. The van der Waals surface area contributed by atoms with E-state index in [1.807, 2.05) is 0 Å². The standard InChI is InChI=1S/C9H8N2O4/c1-4-8(5(2)14-10-4)6-3-7(9(12)13)15-11-6/h3H,1-2H3,(H,12,13). The van der Waals surface area contributed by atoms with Crippen LogP contribution in [0.25, 0.3) is 11.3 Å². The average Bonchev–Trinajstić information content (AvgIpc) is 2.73. The Balaban J connectivity index is 2.50. The Labute approximate surface area is 84.5 Å². The van der Waals surface area contributed by atoms with E-state index in [4.69, 9.17) is 9.63 Å². The third-order valence-corrected chi connectivity index (χ3v) is 2.01. The van der Waals surface area contributed by atoms with Gasteiger partial charge in [0.2, 0.25) is 5.76 Å². The molecule has 2 aromatic rings. The number of hydrogen-bond donors (Lipinski definition) is 1. The van der Waals surface area contributed by atoms with E-state index in [-0.39, 0.29) is 5.76 Å². The van der Waals surface area contributed by atoms with Gasteiger partial charge in [-0.1, -0.05) is 10.3 Å². The molecular formula is C9H8N2O4. The summed E-state index contributed by atoms with van der Waals surface area (Å²) in [6, 6.07) is 1.34. The summed E-state index contributed by atoms with van der Waals surface area (Å²) in [6.07, 6.45) is 0. The van der Waals surface area contributed by atoms with Crippen molar-refractivity contribution in [1.29, 1.82) is 0 Å². The lowest BCUT2D eigenvalue weighted by Gasteiger charge is -1.89. The maximum atomic E-state index is 10.6. The number of aryl methyl sites for hydroxylation is 2. The highest BCUT2D eigenvalue weighted by atomic mass is 16.5. The molecule has 0 saturated heterocycles. The maximum Gasteiger partial charge on any atom is 0.374 e. The van der Waals surface area contributed by atoms with E-state index in [2.05, 4.69) is 14.8 Å². The van der Waals surface area contributed by atoms with E-state index < -0.39 is 5.97 Å². The zero-order valence-corrected chi connectivity index (χ0v) is 8.14. The Hall–Kier alpha value is -2.11. The summed E-state index contributed by atoms with van der Waals surface area (Å²) in [7, 11) is 0. The smallest absolute Gasteiger partial charge is 0.374 e. The van der Waals surface area contributed by atoms with Gasteiger partial charge in [0.1, 0.15) is 11.5 Å². The summed E-state index contributed by atoms with van der Waals surface area (Å²) >= 11 is 0. The van der Waals surface area contributed by atoms with E-state index in [1.165, 1.54) is 6.07 Å². The number of carboxylic acids is 1. The number of rotatable bonds is 2. The predicted octanol–water partition coefficient (Wildman–Crippen LogP) is 1.64. The molecule has 6 nitrogen and oxygen atoms in total. The summed E-state index contributed by atoms with van der Waals surface area (Å²) in [5.74, 6) is -0.775. The molecule has 0 aliphatic carbocycles. The molecule has 0 amide bonds. The van der Waals surface area contributed by atoms with E-state index >= 15 is 0 Å². The summed E-state index contributed by atoms with van der Waals surface area (Å²) in [5.41, 5.74) is 1.74. The highest BCUT2D eigenvalue weighted by Crippen LogP contribution is 2.26. The van der Waals surface area contributed by atoms with Crippen molar-refractivity contribution in [3.05, 3.63) is 23.3 Å². The molecule has 0 saturated carbocycles. The second-order valence-electron chi connectivity index (χ2n) is 3.08. The van der Waals surface area contributed by atoms with Crippen LogP contribution in [-0.4, -0.2) is 21.4 Å². The Morgan fingerprint density at radius 3 is 2.53 bits per heavy atom. The van der Waals surface area contributed by atoms with Gasteiger partial charge in [0.05, 0.1) is 11.3 Å². The molecule has 15 heavy (non-hydrogen) atoms. The Kier molecular flexibility index (Phi) is 2.03. The van der Waals surface area contributed by atoms with E-state index in [0.717, 1.165) is 0 Å². The van der Waals surface area contributed by atoms with Crippen molar-refractivity contribution < 1.29 is 18.9 Å². The lowest BCUT2D eigenvalue weighted by Crippen LogP contribution is -1.91. The van der Waals surface area contributed by atoms with E-state index in [1.54, 1.807) is 13.8 Å². The molecule has 78 valence electrons. The van der Waals surface area contributed by atoms with E-state index in [9.17, 15) is 4.79 Å². The molecule has 0 fully saturated rings. The van der Waals surface area contributed by atoms with Gasteiger partial charge in [-0.05, 0) is 13.8 Å². The van der Waals surface area contributed by atoms with Crippen LogP contribution in [0.2, 0.25) is 0 Å². The molecule has 2 rings (SSSR count). The van der Waals surface area contributed by atoms with Gasteiger partial charge in [-0.2, -0.15) is 0 Å². The Morgan fingerprint density at radius 2 is 2.07 bits per heavy atom. The first-order valence-electron chi connectivity index (χ1n) is 4.23. The summed E-state index contributed by atoms with van der Waals surface area (Å²) in [6.45, 7) is 3.48. The van der Waals surface area contributed by atoms with Gasteiger partial charge in [0, 0.05) is 6.07 Å². The minimum absolute atomic E-state index is 0.204. The minimum atomic E-state index is -1.15. The fourth-order valence-corrected chi connectivity index (χ4v) is 1.34. The number of carbonyl (C=O) groups is 1. The number of aromatic nitrogens is 2. The molecule has 0 bridgehead atoms. The Morgan fingerprint density at radius 1 is 1.33 bits per heavy atom. The maximum absolute atomic E-state index is 10.6. The predicted molar refractivity (Wildman–Crippen MR) is 48.4 cm³/mol. The molecule has 0 radical (unpaired) electrons. The second kappa shape index (κ2) is 3.23. The van der Waals surface area contributed by atoms with Crippen molar-refractivity contribution in [2.24, 2.45) is 0 Å². The topological polar surface area (TPSA) is 89.4 Å². The summed E-state index contributed by atoms with van der Waals surface area (Å²) < 4.78 is 9.58. The van der Waals surface area contributed by atoms with E-state index in [0.29, 0.717) is 22.7 Å². The first-order valence-corrected chi connectivity index (χ1v) is 4.23. The average molecular weight is 208 g/mol. The SMILES string of the molecule is Cc1noc(C)c1-c1cc(C(=O)O)on1. The highest BCUT2D eigenvalue weighted by molar-refractivity contribution is 5.85. The fraction of sp³-hybridized carbons (Fsp3) is 0.222. The third-order valence-electron chi connectivity index (χ3n) is 2.01. The van der Waals surface area contributed by atoms with Crippen LogP contribution in [0.4, 0.5) is 0 Å². The van der Waals surface area contributed by atoms with Crippen LogP contribution in [0.3, 0.4) is 0 Å². The zero-order valence-electron chi connectivity index (χ0n) is 8.14. The fourth-order valence-electron chi connectivity index (χ4n) is 1.34. The first kappa shape index (κ1) is 9.45. The molecule has 0 spiro atoms. The summed E-state index contributed by atoms with van der Waals surface area (Å²) in [4.78, 5) is 10.6. The van der Waals surface area contributed by atoms with Crippen LogP contribution in [0.15, 0.2) is 15.1 Å². The summed E-state index contributed by atoms with van der Waals surface area (Å²) in [5, 5.41) is 16.0. The molecule has 0 aliphatic rings. The Bertz CT molecular complexity index is 492. The van der Waals surface area contributed by atoms with Crippen molar-refractivity contribution in [3.63, 3.8) is 0 Å². The first-order chi connectivity index (χ1) is 7.09. The largest absolute Gasteiger partial charge is 0.475 e. The lowest BCUT2D eigenvalue weighted by molar-refractivity contribution is 0.0652. The van der Waals surface area contributed by atoms with Crippen molar-refractivity contribution >= 4 is 5.97 Å². The van der Waals surface area contributed by atoms with Crippen LogP contribution in [0.5, 0.6) is 0 Å². The van der Waals surface area contributed by atoms with Crippen molar-refractivity contribution in [1.82, 2.24) is 10.3 Å². The van der Waals surface area contributed by atoms with Gasteiger partial charge in [-0.15, -0.1) is 0 Å².